The second kappa shape index (κ2) is 7.03. The van der Waals surface area contributed by atoms with Gasteiger partial charge in [0.25, 0.3) is 0 Å². The molecular formula is C15H24N2O3. The first-order valence-corrected chi connectivity index (χ1v) is 6.77. The summed E-state index contributed by atoms with van der Waals surface area (Å²) in [5.74, 6) is 0.735. The minimum absolute atomic E-state index is 0.470. The van der Waals surface area contributed by atoms with Crippen molar-refractivity contribution in [2.24, 2.45) is 0 Å². The number of amides is 1. The normalized spacial score (nSPS) is 10.8. The summed E-state index contributed by atoms with van der Waals surface area (Å²) in [4.78, 5) is 11.8. The Bertz CT molecular complexity index is 453. The van der Waals surface area contributed by atoms with E-state index in [-0.39, 0.29) is 0 Å². The minimum Gasteiger partial charge on any atom is -0.497 e. The van der Waals surface area contributed by atoms with Crippen LogP contribution in [0.5, 0.6) is 5.75 Å². The van der Waals surface area contributed by atoms with Crippen LogP contribution in [0.4, 0.5) is 16.2 Å². The Morgan fingerprint density at radius 3 is 2.50 bits per heavy atom. The van der Waals surface area contributed by atoms with E-state index in [4.69, 9.17) is 9.47 Å². The van der Waals surface area contributed by atoms with Gasteiger partial charge < -0.3 is 14.8 Å². The molecule has 1 amide bonds. The molecule has 0 spiro atoms. The zero-order chi connectivity index (χ0) is 15.2. The van der Waals surface area contributed by atoms with Crippen molar-refractivity contribution in [1.82, 2.24) is 0 Å². The third-order valence-electron chi connectivity index (χ3n) is 2.43. The van der Waals surface area contributed by atoms with Gasteiger partial charge in [-0.05, 0) is 39.3 Å². The highest BCUT2D eigenvalue weighted by atomic mass is 16.6. The summed E-state index contributed by atoms with van der Waals surface area (Å²) in [6.07, 6.45) is 0.519. The third kappa shape index (κ3) is 5.38. The fraction of sp³-hybridized carbons (Fsp3) is 0.533. The van der Waals surface area contributed by atoms with E-state index >= 15 is 0 Å². The van der Waals surface area contributed by atoms with Crippen molar-refractivity contribution in [3.63, 3.8) is 0 Å². The number of methoxy groups -OCH3 is 1. The summed E-state index contributed by atoms with van der Waals surface area (Å²) >= 11 is 0. The van der Waals surface area contributed by atoms with Crippen LogP contribution in [0.15, 0.2) is 18.2 Å². The monoisotopic (exact) mass is 280 g/mol. The molecule has 1 rings (SSSR count). The second-order valence-corrected chi connectivity index (χ2v) is 5.47. The van der Waals surface area contributed by atoms with Crippen LogP contribution < -0.4 is 15.4 Å². The van der Waals surface area contributed by atoms with E-state index in [1.165, 1.54) is 0 Å². The number of nitrogens with one attached hydrogen (secondary N) is 2. The van der Waals surface area contributed by atoms with Gasteiger partial charge in [-0.2, -0.15) is 0 Å². The van der Waals surface area contributed by atoms with Gasteiger partial charge in [0.15, 0.2) is 0 Å². The topological polar surface area (TPSA) is 59.6 Å². The Morgan fingerprint density at radius 2 is 1.95 bits per heavy atom. The van der Waals surface area contributed by atoms with Gasteiger partial charge in [-0.1, -0.05) is 6.92 Å². The molecular weight excluding hydrogens is 256 g/mol. The number of hydrogen-bond acceptors (Lipinski definition) is 4. The van der Waals surface area contributed by atoms with Crippen molar-refractivity contribution < 1.29 is 14.3 Å². The van der Waals surface area contributed by atoms with E-state index in [2.05, 4.69) is 17.6 Å². The maximum atomic E-state index is 11.8. The molecule has 0 heterocycles. The maximum Gasteiger partial charge on any atom is 0.412 e. The van der Waals surface area contributed by atoms with Gasteiger partial charge in [0.2, 0.25) is 0 Å². The van der Waals surface area contributed by atoms with Crippen molar-refractivity contribution in [2.75, 3.05) is 24.3 Å². The molecule has 2 N–H and O–H groups in total. The predicted octanol–water partition coefficient (Wildman–Crippen LogP) is 3.86. The molecule has 0 saturated carbocycles. The van der Waals surface area contributed by atoms with Crippen molar-refractivity contribution in [1.29, 1.82) is 0 Å². The van der Waals surface area contributed by atoms with Crippen LogP contribution in [0.2, 0.25) is 0 Å². The van der Waals surface area contributed by atoms with E-state index in [0.717, 1.165) is 24.4 Å². The molecule has 5 heteroatoms. The van der Waals surface area contributed by atoms with Crippen molar-refractivity contribution in [3.05, 3.63) is 18.2 Å². The Kier molecular flexibility index (Phi) is 5.67. The lowest BCUT2D eigenvalue weighted by molar-refractivity contribution is 0.0636. The molecule has 0 aliphatic heterocycles. The molecule has 112 valence electrons. The van der Waals surface area contributed by atoms with Gasteiger partial charge >= 0.3 is 6.09 Å². The highest BCUT2D eigenvalue weighted by Gasteiger charge is 2.17. The number of anilines is 2. The summed E-state index contributed by atoms with van der Waals surface area (Å²) in [7, 11) is 1.61. The van der Waals surface area contributed by atoms with Crippen LogP contribution >= 0.6 is 0 Å². The summed E-state index contributed by atoms with van der Waals surface area (Å²) in [6, 6.07) is 5.44. The molecule has 0 aliphatic rings. The standard InChI is InChI=1S/C15H24N2O3/c1-6-9-16-13-10-11(19-5)7-8-12(13)17-14(18)20-15(2,3)4/h7-8,10,16H,6,9H2,1-5H3,(H,17,18). The van der Waals surface area contributed by atoms with Gasteiger partial charge in [0, 0.05) is 12.6 Å². The lowest BCUT2D eigenvalue weighted by Gasteiger charge is -2.21. The van der Waals surface area contributed by atoms with E-state index in [0.29, 0.717) is 5.69 Å². The lowest BCUT2D eigenvalue weighted by Crippen LogP contribution is -2.27. The first-order chi connectivity index (χ1) is 9.35. The summed E-state index contributed by atoms with van der Waals surface area (Å²) in [6.45, 7) is 8.38. The average molecular weight is 280 g/mol. The van der Waals surface area contributed by atoms with Gasteiger partial charge in [-0.25, -0.2) is 4.79 Å². The Balaban J connectivity index is 2.84. The first-order valence-electron chi connectivity index (χ1n) is 6.77. The highest BCUT2D eigenvalue weighted by Crippen LogP contribution is 2.27. The summed E-state index contributed by atoms with van der Waals surface area (Å²) < 4.78 is 10.4. The minimum atomic E-state index is -0.520. The lowest BCUT2D eigenvalue weighted by atomic mass is 10.2. The van der Waals surface area contributed by atoms with E-state index < -0.39 is 11.7 Å². The third-order valence-corrected chi connectivity index (χ3v) is 2.43. The van der Waals surface area contributed by atoms with E-state index in [9.17, 15) is 4.79 Å². The van der Waals surface area contributed by atoms with Gasteiger partial charge in [-0.3, -0.25) is 5.32 Å². The van der Waals surface area contributed by atoms with Crippen LogP contribution in [0, 0.1) is 0 Å². The first kappa shape index (κ1) is 16.1. The van der Waals surface area contributed by atoms with Crippen LogP contribution in [-0.2, 0) is 4.74 Å². The number of carbonyl (C=O) groups excluding carboxylic acids is 1. The molecule has 1 aromatic carbocycles. The average Bonchev–Trinajstić information content (AvgIpc) is 2.35. The zero-order valence-corrected chi connectivity index (χ0v) is 12.9. The quantitative estimate of drug-likeness (QED) is 0.859. The number of carbonyl (C=O) groups is 1. The molecule has 20 heavy (non-hydrogen) atoms. The number of hydrogen-bond donors (Lipinski definition) is 2. The Labute approximate surface area is 120 Å². The van der Waals surface area contributed by atoms with Gasteiger partial charge in [-0.15, -0.1) is 0 Å². The zero-order valence-electron chi connectivity index (χ0n) is 12.9. The molecule has 1 aromatic rings. The van der Waals surface area contributed by atoms with Crippen LogP contribution in [-0.4, -0.2) is 25.3 Å². The van der Waals surface area contributed by atoms with E-state index in [1.54, 1.807) is 19.2 Å². The van der Waals surface area contributed by atoms with Gasteiger partial charge in [0.1, 0.15) is 11.4 Å². The van der Waals surface area contributed by atoms with E-state index in [1.807, 2.05) is 26.8 Å². The van der Waals surface area contributed by atoms with Crippen LogP contribution in [0.25, 0.3) is 0 Å². The molecule has 0 aromatic heterocycles. The number of benzene rings is 1. The predicted molar refractivity (Wildman–Crippen MR) is 81.6 cm³/mol. The summed E-state index contributed by atoms with van der Waals surface area (Å²) in [5, 5.41) is 6.00. The Hall–Kier alpha value is -1.91. The molecule has 0 atom stereocenters. The van der Waals surface area contributed by atoms with Crippen molar-refractivity contribution in [2.45, 2.75) is 39.7 Å². The molecule has 0 unspecified atom stereocenters. The largest absolute Gasteiger partial charge is 0.497 e. The molecule has 0 aliphatic carbocycles. The smallest absolute Gasteiger partial charge is 0.412 e. The molecule has 0 bridgehead atoms. The fourth-order valence-electron chi connectivity index (χ4n) is 1.58. The van der Waals surface area contributed by atoms with Crippen molar-refractivity contribution in [3.8, 4) is 5.75 Å². The highest BCUT2D eigenvalue weighted by molar-refractivity contribution is 5.90. The SMILES string of the molecule is CCCNc1cc(OC)ccc1NC(=O)OC(C)(C)C. The van der Waals surface area contributed by atoms with Gasteiger partial charge in [0.05, 0.1) is 18.5 Å². The Morgan fingerprint density at radius 1 is 1.25 bits per heavy atom. The fourth-order valence-corrected chi connectivity index (χ4v) is 1.58. The van der Waals surface area contributed by atoms with Crippen LogP contribution in [0.3, 0.4) is 0 Å². The molecule has 0 radical (unpaired) electrons. The summed E-state index contributed by atoms with van der Waals surface area (Å²) in [5.41, 5.74) is 0.971. The molecule has 0 fully saturated rings. The molecule has 5 nitrogen and oxygen atoms in total. The van der Waals surface area contributed by atoms with Crippen molar-refractivity contribution >= 4 is 17.5 Å². The number of rotatable bonds is 5. The number of ether oxygens (including phenoxy) is 2. The second-order valence-electron chi connectivity index (χ2n) is 5.47. The maximum absolute atomic E-state index is 11.8. The van der Waals surface area contributed by atoms with Crippen LogP contribution in [0.1, 0.15) is 34.1 Å². The molecule has 0 saturated heterocycles.